The normalized spacial score (nSPS) is 19.9. The van der Waals surface area contributed by atoms with E-state index in [9.17, 15) is 20.0 Å². The number of hydrogen-bond acceptors (Lipinski definition) is 5. The van der Waals surface area contributed by atoms with Crippen molar-refractivity contribution in [2.75, 3.05) is 25.0 Å². The third-order valence-electron chi connectivity index (χ3n) is 3.78. The Morgan fingerprint density at radius 1 is 1.64 bits per heavy atom. The lowest BCUT2D eigenvalue weighted by molar-refractivity contribution is -0.384. The van der Waals surface area contributed by atoms with Crippen LogP contribution in [0.15, 0.2) is 18.2 Å². The van der Waals surface area contributed by atoms with Crippen molar-refractivity contribution in [3.05, 3.63) is 33.3 Å². The molecule has 2 unspecified atom stereocenters. The lowest BCUT2D eigenvalue weighted by atomic mass is 10.0. The van der Waals surface area contributed by atoms with Gasteiger partial charge < -0.3 is 10.4 Å². The van der Waals surface area contributed by atoms with Gasteiger partial charge in [-0.25, -0.2) is 0 Å². The molecule has 1 amide bonds. The molecule has 2 N–H and O–H groups in total. The molecule has 1 saturated heterocycles. The molecule has 22 heavy (non-hydrogen) atoms. The molecule has 1 aliphatic heterocycles. The van der Waals surface area contributed by atoms with Gasteiger partial charge in [0.2, 0.25) is 5.91 Å². The first-order valence-corrected chi connectivity index (χ1v) is 7.39. The number of rotatable bonds is 5. The molecule has 8 heteroatoms. The SMILES string of the molecule is CC(O)C1CCN(CC(=O)Nc2ccc(Cl)c([N+](=O)[O-])c2)C1. The number of carbonyl (C=O) groups is 1. The van der Waals surface area contributed by atoms with Crippen LogP contribution in [-0.4, -0.2) is 46.6 Å². The Morgan fingerprint density at radius 3 is 2.95 bits per heavy atom. The molecule has 1 fully saturated rings. The molecular weight excluding hydrogens is 310 g/mol. The van der Waals surface area contributed by atoms with Gasteiger partial charge in [-0.05, 0) is 37.9 Å². The highest BCUT2D eigenvalue weighted by Gasteiger charge is 2.27. The van der Waals surface area contributed by atoms with Crippen LogP contribution in [0.25, 0.3) is 0 Å². The Morgan fingerprint density at radius 2 is 2.36 bits per heavy atom. The van der Waals surface area contributed by atoms with E-state index < -0.39 is 4.92 Å². The molecule has 0 radical (unpaired) electrons. The lowest BCUT2D eigenvalue weighted by Gasteiger charge is -2.17. The number of nitro benzene ring substituents is 1. The number of likely N-dealkylation sites (tertiary alicyclic amines) is 1. The fourth-order valence-electron chi connectivity index (χ4n) is 2.53. The van der Waals surface area contributed by atoms with E-state index in [-0.39, 0.29) is 35.2 Å². The Bertz CT molecular complexity index is 579. The van der Waals surface area contributed by atoms with Gasteiger partial charge in [0, 0.05) is 18.3 Å². The highest BCUT2D eigenvalue weighted by Crippen LogP contribution is 2.27. The van der Waals surface area contributed by atoms with E-state index in [1.807, 2.05) is 4.90 Å². The smallest absolute Gasteiger partial charge is 0.289 e. The van der Waals surface area contributed by atoms with Crippen molar-refractivity contribution < 1.29 is 14.8 Å². The van der Waals surface area contributed by atoms with Crippen molar-refractivity contribution in [1.82, 2.24) is 4.90 Å². The molecule has 0 saturated carbocycles. The average molecular weight is 328 g/mol. The van der Waals surface area contributed by atoms with Crippen molar-refractivity contribution in [1.29, 1.82) is 0 Å². The zero-order chi connectivity index (χ0) is 16.3. The summed E-state index contributed by atoms with van der Waals surface area (Å²) in [6.45, 7) is 3.37. The maximum atomic E-state index is 12.0. The molecule has 0 spiro atoms. The third kappa shape index (κ3) is 4.16. The highest BCUT2D eigenvalue weighted by molar-refractivity contribution is 6.32. The first-order valence-electron chi connectivity index (χ1n) is 7.01. The predicted octanol–water partition coefficient (Wildman–Crippen LogP) is 1.89. The first-order chi connectivity index (χ1) is 10.4. The van der Waals surface area contributed by atoms with Gasteiger partial charge in [0.15, 0.2) is 0 Å². The van der Waals surface area contributed by atoms with Crippen LogP contribution in [0.4, 0.5) is 11.4 Å². The summed E-state index contributed by atoms with van der Waals surface area (Å²) >= 11 is 5.72. The third-order valence-corrected chi connectivity index (χ3v) is 4.10. The fourth-order valence-corrected chi connectivity index (χ4v) is 2.72. The minimum Gasteiger partial charge on any atom is -0.393 e. The maximum Gasteiger partial charge on any atom is 0.289 e. The van der Waals surface area contributed by atoms with E-state index in [1.165, 1.54) is 18.2 Å². The number of nitrogens with zero attached hydrogens (tertiary/aromatic N) is 2. The van der Waals surface area contributed by atoms with Crippen LogP contribution in [0.2, 0.25) is 5.02 Å². The summed E-state index contributed by atoms with van der Waals surface area (Å²) in [5.41, 5.74) is 0.0992. The Kier molecular flexibility index (Phi) is 5.33. The van der Waals surface area contributed by atoms with Crippen LogP contribution in [0.5, 0.6) is 0 Å². The largest absolute Gasteiger partial charge is 0.393 e. The van der Waals surface area contributed by atoms with Crippen LogP contribution < -0.4 is 5.32 Å². The summed E-state index contributed by atoms with van der Waals surface area (Å²) in [7, 11) is 0. The zero-order valence-corrected chi connectivity index (χ0v) is 12.9. The van der Waals surface area contributed by atoms with E-state index in [2.05, 4.69) is 5.32 Å². The van der Waals surface area contributed by atoms with Gasteiger partial charge in [-0.1, -0.05) is 11.6 Å². The van der Waals surface area contributed by atoms with Crippen molar-refractivity contribution in [2.24, 2.45) is 5.92 Å². The molecule has 2 rings (SSSR count). The number of nitrogens with one attached hydrogen (secondary N) is 1. The molecule has 1 aromatic rings. The number of benzene rings is 1. The highest BCUT2D eigenvalue weighted by atomic mass is 35.5. The number of carbonyl (C=O) groups excluding carboxylic acids is 1. The molecule has 0 bridgehead atoms. The summed E-state index contributed by atoms with van der Waals surface area (Å²) in [6.07, 6.45) is 0.476. The van der Waals surface area contributed by atoms with E-state index >= 15 is 0 Å². The predicted molar refractivity (Wildman–Crippen MR) is 83.0 cm³/mol. The molecule has 1 aliphatic rings. The number of nitro groups is 1. The van der Waals surface area contributed by atoms with Gasteiger partial charge in [-0.3, -0.25) is 19.8 Å². The fraction of sp³-hybridized carbons (Fsp3) is 0.500. The minimum absolute atomic E-state index is 0.0299. The molecule has 1 aromatic carbocycles. The summed E-state index contributed by atoms with van der Waals surface area (Å²) < 4.78 is 0. The Balaban J connectivity index is 1.93. The van der Waals surface area contributed by atoms with Crippen LogP contribution in [-0.2, 0) is 4.79 Å². The number of aliphatic hydroxyl groups is 1. The monoisotopic (exact) mass is 327 g/mol. The summed E-state index contributed by atoms with van der Waals surface area (Å²) in [4.78, 5) is 24.2. The number of hydrogen-bond donors (Lipinski definition) is 2. The number of aliphatic hydroxyl groups excluding tert-OH is 1. The van der Waals surface area contributed by atoms with Gasteiger partial charge in [0.25, 0.3) is 5.69 Å². The van der Waals surface area contributed by atoms with Crippen molar-refractivity contribution in [3.8, 4) is 0 Å². The molecule has 1 heterocycles. The number of halogens is 1. The molecular formula is C14H18ClN3O4. The van der Waals surface area contributed by atoms with Gasteiger partial charge in [-0.2, -0.15) is 0 Å². The second-order valence-corrected chi connectivity index (χ2v) is 5.90. The van der Waals surface area contributed by atoms with Gasteiger partial charge in [0.1, 0.15) is 5.02 Å². The summed E-state index contributed by atoms with van der Waals surface area (Å²) in [6, 6.07) is 4.15. The van der Waals surface area contributed by atoms with E-state index in [0.717, 1.165) is 13.0 Å². The number of anilines is 1. The minimum atomic E-state index is -0.592. The van der Waals surface area contributed by atoms with Crippen LogP contribution in [0, 0.1) is 16.0 Å². The molecule has 0 aromatic heterocycles. The van der Waals surface area contributed by atoms with E-state index in [4.69, 9.17) is 11.6 Å². The second kappa shape index (κ2) is 7.04. The van der Waals surface area contributed by atoms with Crippen molar-refractivity contribution >= 4 is 28.9 Å². The molecule has 7 nitrogen and oxygen atoms in total. The van der Waals surface area contributed by atoms with Gasteiger partial charge >= 0.3 is 0 Å². The standard InChI is InChI=1S/C14H18ClN3O4/c1-9(19)10-4-5-17(7-10)8-14(20)16-11-2-3-12(15)13(6-11)18(21)22/h2-3,6,9-10,19H,4-5,7-8H2,1H3,(H,16,20). The quantitative estimate of drug-likeness (QED) is 0.636. The summed E-state index contributed by atoms with van der Waals surface area (Å²) in [5.74, 6) is -0.0627. The first kappa shape index (κ1) is 16.7. The van der Waals surface area contributed by atoms with Gasteiger partial charge in [0.05, 0.1) is 17.6 Å². The zero-order valence-electron chi connectivity index (χ0n) is 12.2. The van der Waals surface area contributed by atoms with E-state index in [0.29, 0.717) is 12.2 Å². The molecule has 120 valence electrons. The molecule has 2 atom stereocenters. The Hall–Kier alpha value is -1.70. The van der Waals surface area contributed by atoms with Crippen molar-refractivity contribution in [3.63, 3.8) is 0 Å². The number of amides is 1. The average Bonchev–Trinajstić information content (AvgIpc) is 2.89. The maximum absolute atomic E-state index is 12.0. The van der Waals surface area contributed by atoms with Crippen LogP contribution in [0.3, 0.4) is 0 Å². The van der Waals surface area contributed by atoms with Crippen LogP contribution in [0.1, 0.15) is 13.3 Å². The van der Waals surface area contributed by atoms with Crippen molar-refractivity contribution in [2.45, 2.75) is 19.4 Å². The lowest BCUT2D eigenvalue weighted by Crippen LogP contribution is -2.32. The molecule has 0 aliphatic carbocycles. The summed E-state index contributed by atoms with van der Waals surface area (Å²) in [5, 5.41) is 23.0. The van der Waals surface area contributed by atoms with Gasteiger partial charge in [-0.15, -0.1) is 0 Å². The topological polar surface area (TPSA) is 95.7 Å². The Labute approximate surface area is 133 Å². The van der Waals surface area contributed by atoms with Crippen LogP contribution >= 0.6 is 11.6 Å². The van der Waals surface area contributed by atoms with E-state index in [1.54, 1.807) is 6.92 Å². The second-order valence-electron chi connectivity index (χ2n) is 5.50.